The molecule has 5 N–H and O–H groups in total. The zero-order chi connectivity index (χ0) is 24.2. The summed E-state index contributed by atoms with van der Waals surface area (Å²) in [6.45, 7) is 1.34. The molecule has 2 aromatic carbocycles. The fourth-order valence-corrected chi connectivity index (χ4v) is 3.78. The van der Waals surface area contributed by atoms with E-state index in [1.807, 2.05) is 0 Å². The molecule has 2 atom stereocenters. The monoisotopic (exact) mass is 503 g/mol. The van der Waals surface area contributed by atoms with Crippen LogP contribution in [0.4, 0.5) is 17.1 Å². The van der Waals surface area contributed by atoms with Gasteiger partial charge in [-0.15, -0.1) is 12.4 Å². The summed E-state index contributed by atoms with van der Waals surface area (Å²) in [5.74, 6) is -1.58. The Morgan fingerprint density at radius 3 is 2.23 bits per heavy atom. The van der Waals surface area contributed by atoms with E-state index in [0.717, 1.165) is 0 Å². The van der Waals surface area contributed by atoms with Gasteiger partial charge in [0.1, 0.15) is 12.4 Å². The fourth-order valence-electron chi connectivity index (χ4n) is 3.78. The van der Waals surface area contributed by atoms with E-state index in [2.05, 4.69) is 5.32 Å². The topological polar surface area (TPSA) is 158 Å². The van der Waals surface area contributed by atoms with Crippen LogP contribution >= 0.6 is 12.4 Å². The van der Waals surface area contributed by atoms with Crippen molar-refractivity contribution >= 4 is 53.0 Å². The number of benzene rings is 2. The number of aliphatic hydroxyl groups excluding tert-OH is 1. The maximum absolute atomic E-state index is 13.0. The molecule has 0 radical (unpaired) electrons. The number of nitrogens with two attached hydrogens (primary N) is 1. The van der Waals surface area contributed by atoms with Crippen LogP contribution in [0.2, 0.25) is 0 Å². The lowest BCUT2D eigenvalue weighted by Crippen LogP contribution is -2.55. The number of ether oxygens (including phenoxy) is 2. The van der Waals surface area contributed by atoms with E-state index in [0.29, 0.717) is 35.8 Å². The molecule has 12 heteroatoms. The minimum Gasteiger partial charge on any atom is -0.384 e. The van der Waals surface area contributed by atoms with Gasteiger partial charge < -0.3 is 35.4 Å². The molecule has 2 saturated heterocycles. The number of amides is 3. The number of nitrogens with one attached hydrogen (secondary N) is 2. The average Bonchev–Trinajstić information content (AvgIpc) is 2.84. The first-order valence-electron chi connectivity index (χ1n) is 10.7. The van der Waals surface area contributed by atoms with E-state index in [9.17, 15) is 19.5 Å². The van der Waals surface area contributed by atoms with Gasteiger partial charge in [-0.3, -0.25) is 19.8 Å². The molecule has 2 heterocycles. The second-order valence-electron chi connectivity index (χ2n) is 7.82. The predicted molar refractivity (Wildman–Crippen MR) is 131 cm³/mol. The number of hydrogen-bond acceptors (Lipinski definition) is 7. The highest BCUT2D eigenvalue weighted by Crippen LogP contribution is 2.25. The smallest absolute Gasteiger partial charge is 0.259 e. The standard InChI is InChI=1S/C23H25N5O6.ClH/c24-21(25)14-1-3-15(4-2-14)26-22(31)19(30)20-23(32)28(10-12-34-20)17-7-5-16(6-8-17)27-9-11-33-13-18(27)29;/h1-8,19-20,30H,9-13H2,(H3,24,25)(H,26,31);1H/t19-,20-;/m1./s1. The van der Waals surface area contributed by atoms with E-state index in [4.69, 9.17) is 20.6 Å². The average molecular weight is 504 g/mol. The molecule has 2 aromatic rings. The van der Waals surface area contributed by atoms with Crippen molar-refractivity contribution in [2.45, 2.75) is 12.2 Å². The van der Waals surface area contributed by atoms with Crippen molar-refractivity contribution in [3.05, 3.63) is 54.1 Å². The molecule has 2 aliphatic rings. The van der Waals surface area contributed by atoms with Crippen LogP contribution < -0.4 is 20.9 Å². The molecule has 186 valence electrons. The summed E-state index contributed by atoms with van der Waals surface area (Å²) < 4.78 is 10.6. The first-order chi connectivity index (χ1) is 16.3. The fraction of sp³-hybridized carbons (Fsp3) is 0.304. The molecule has 0 bridgehead atoms. The maximum Gasteiger partial charge on any atom is 0.259 e. The number of halogens is 1. The quantitative estimate of drug-likeness (QED) is 0.330. The van der Waals surface area contributed by atoms with Crippen molar-refractivity contribution < 1.29 is 29.0 Å². The molecule has 0 unspecified atom stereocenters. The number of nitrogens with zero attached hydrogens (tertiary/aromatic N) is 2. The Balaban J connectivity index is 0.00000342. The Kier molecular flexibility index (Phi) is 8.41. The van der Waals surface area contributed by atoms with Crippen molar-refractivity contribution in [3.8, 4) is 0 Å². The lowest BCUT2D eigenvalue weighted by Gasteiger charge is -2.34. The number of hydrogen-bond donors (Lipinski definition) is 4. The highest BCUT2D eigenvalue weighted by atomic mass is 35.5. The second-order valence-corrected chi connectivity index (χ2v) is 7.82. The van der Waals surface area contributed by atoms with Crippen molar-refractivity contribution in [2.75, 3.05) is 48.0 Å². The number of morpholine rings is 2. The number of nitrogen functional groups attached to an aromatic ring is 1. The van der Waals surface area contributed by atoms with Crippen molar-refractivity contribution in [1.82, 2.24) is 0 Å². The molecular formula is C23H26ClN5O6. The van der Waals surface area contributed by atoms with Crippen LogP contribution in [0.5, 0.6) is 0 Å². The number of carbonyl (C=O) groups is 3. The third kappa shape index (κ3) is 5.77. The second kappa shape index (κ2) is 11.3. The number of carbonyl (C=O) groups excluding carboxylic acids is 3. The van der Waals surface area contributed by atoms with Gasteiger partial charge in [0, 0.05) is 35.7 Å². The minimum absolute atomic E-state index is 0. The number of rotatable bonds is 6. The molecule has 3 amide bonds. The number of anilines is 3. The van der Waals surface area contributed by atoms with Crippen LogP contribution in [0.1, 0.15) is 5.56 Å². The lowest BCUT2D eigenvalue weighted by atomic mass is 10.1. The zero-order valence-electron chi connectivity index (χ0n) is 18.7. The van der Waals surface area contributed by atoms with Crippen LogP contribution in [-0.4, -0.2) is 73.8 Å². The molecule has 2 aliphatic heterocycles. The third-order valence-corrected chi connectivity index (χ3v) is 5.60. The van der Waals surface area contributed by atoms with E-state index < -0.39 is 24.0 Å². The SMILES string of the molecule is Cl.N=C(N)c1ccc(NC(=O)[C@H](O)[C@H]2OCCN(c3ccc(N4CCOCC4=O)cc3)C2=O)cc1. The first kappa shape index (κ1) is 26.1. The molecule has 0 aliphatic carbocycles. The summed E-state index contributed by atoms with van der Waals surface area (Å²) >= 11 is 0. The largest absolute Gasteiger partial charge is 0.384 e. The number of amidine groups is 1. The molecular weight excluding hydrogens is 478 g/mol. The summed E-state index contributed by atoms with van der Waals surface area (Å²) in [5, 5.41) is 20.5. The zero-order valence-corrected chi connectivity index (χ0v) is 19.5. The van der Waals surface area contributed by atoms with Gasteiger partial charge in [0.15, 0.2) is 12.2 Å². The van der Waals surface area contributed by atoms with E-state index in [1.165, 1.54) is 17.0 Å². The molecule has 0 saturated carbocycles. The normalized spacial score (nSPS) is 19.1. The van der Waals surface area contributed by atoms with Gasteiger partial charge >= 0.3 is 0 Å². The summed E-state index contributed by atoms with van der Waals surface area (Å²) in [6, 6.07) is 13.1. The minimum atomic E-state index is -1.73. The van der Waals surface area contributed by atoms with E-state index in [-0.39, 0.29) is 43.9 Å². The van der Waals surface area contributed by atoms with Crippen molar-refractivity contribution in [1.29, 1.82) is 5.41 Å². The molecule has 0 spiro atoms. The third-order valence-electron chi connectivity index (χ3n) is 5.60. The number of aliphatic hydroxyl groups is 1. The Morgan fingerprint density at radius 1 is 1.03 bits per heavy atom. The molecule has 0 aromatic heterocycles. The Bertz CT molecular complexity index is 1090. The van der Waals surface area contributed by atoms with Crippen LogP contribution in [0.25, 0.3) is 0 Å². The highest BCUT2D eigenvalue weighted by molar-refractivity contribution is 6.04. The summed E-state index contributed by atoms with van der Waals surface area (Å²) in [4.78, 5) is 40.7. The van der Waals surface area contributed by atoms with Gasteiger partial charge in [0.25, 0.3) is 17.7 Å². The maximum atomic E-state index is 13.0. The van der Waals surface area contributed by atoms with Gasteiger partial charge in [-0.25, -0.2) is 0 Å². The summed E-state index contributed by atoms with van der Waals surface area (Å²) in [7, 11) is 0. The lowest BCUT2D eigenvalue weighted by molar-refractivity contribution is -0.150. The summed E-state index contributed by atoms with van der Waals surface area (Å²) in [5.41, 5.74) is 7.54. The van der Waals surface area contributed by atoms with Gasteiger partial charge in [-0.1, -0.05) is 0 Å². The predicted octanol–water partition coefficient (Wildman–Crippen LogP) is 0.487. The van der Waals surface area contributed by atoms with Gasteiger partial charge in [-0.05, 0) is 48.5 Å². The van der Waals surface area contributed by atoms with Crippen LogP contribution in [0.15, 0.2) is 48.5 Å². The van der Waals surface area contributed by atoms with E-state index >= 15 is 0 Å². The van der Waals surface area contributed by atoms with Crippen molar-refractivity contribution in [3.63, 3.8) is 0 Å². The van der Waals surface area contributed by atoms with Crippen LogP contribution in [0, 0.1) is 5.41 Å². The molecule has 2 fully saturated rings. The Morgan fingerprint density at radius 2 is 1.63 bits per heavy atom. The van der Waals surface area contributed by atoms with Crippen LogP contribution in [0.3, 0.4) is 0 Å². The summed E-state index contributed by atoms with van der Waals surface area (Å²) in [6.07, 6.45) is -3.10. The Labute approximate surface area is 207 Å². The molecule has 4 rings (SSSR count). The van der Waals surface area contributed by atoms with E-state index in [1.54, 1.807) is 41.3 Å². The van der Waals surface area contributed by atoms with Gasteiger partial charge in [-0.2, -0.15) is 0 Å². The van der Waals surface area contributed by atoms with Gasteiger partial charge in [0.05, 0.1) is 13.2 Å². The molecule has 35 heavy (non-hydrogen) atoms. The molecule has 11 nitrogen and oxygen atoms in total. The van der Waals surface area contributed by atoms with Crippen LogP contribution in [-0.2, 0) is 23.9 Å². The Hall–Kier alpha value is -3.51. The van der Waals surface area contributed by atoms with Gasteiger partial charge in [0.2, 0.25) is 0 Å². The highest BCUT2D eigenvalue weighted by Gasteiger charge is 2.39. The first-order valence-corrected chi connectivity index (χ1v) is 10.7. The van der Waals surface area contributed by atoms with Crippen molar-refractivity contribution in [2.24, 2.45) is 5.73 Å².